The van der Waals surface area contributed by atoms with Crippen LogP contribution in [0.15, 0.2) is 126 Å². The molecule has 3 heterocycles. The van der Waals surface area contributed by atoms with E-state index < -0.39 is 5.89 Å². The number of pyridine rings is 2. The summed E-state index contributed by atoms with van der Waals surface area (Å²) in [7, 11) is 0. The van der Waals surface area contributed by atoms with Crippen molar-refractivity contribution in [2.24, 2.45) is 0 Å². The van der Waals surface area contributed by atoms with Gasteiger partial charge in [0.05, 0.1) is 5.58 Å². The van der Waals surface area contributed by atoms with Crippen molar-refractivity contribution in [1.82, 2.24) is 9.97 Å². The van der Waals surface area contributed by atoms with E-state index in [1.807, 2.05) is 56.3 Å². The molecule has 8 rings (SSSR count). The van der Waals surface area contributed by atoms with Crippen molar-refractivity contribution in [2.75, 3.05) is 0 Å². The van der Waals surface area contributed by atoms with Gasteiger partial charge in [-0.05, 0) is 52.3 Å². The average molecular weight is 776 g/mol. The first kappa shape index (κ1) is 30.0. The van der Waals surface area contributed by atoms with E-state index in [1.165, 1.54) is 27.1 Å². The van der Waals surface area contributed by atoms with Gasteiger partial charge in [0.2, 0.25) is 0 Å². The summed E-state index contributed by atoms with van der Waals surface area (Å²) in [6, 6.07) is 43.8. The zero-order valence-corrected chi connectivity index (χ0v) is 28.7. The second kappa shape index (κ2) is 13.4. The number of hydrogen-bond acceptors (Lipinski definition) is 3. The van der Waals surface area contributed by atoms with Gasteiger partial charge in [0.25, 0.3) is 0 Å². The SMILES string of the molecule is CC(C)c1ccc2c(c1)oc1c(-c3ccccn3)[c-]ccc12.[2H]C(C)(C)c1ccnc(-c2[c-]cc3c(ccc4ccccc43)c2)c1.[Ir]. The van der Waals surface area contributed by atoms with Crippen molar-refractivity contribution in [3.8, 4) is 22.5 Å². The van der Waals surface area contributed by atoms with Gasteiger partial charge in [-0.3, -0.25) is 0 Å². The Bertz CT molecular complexity index is 2340. The number of furan rings is 1. The molecule has 0 amide bonds. The van der Waals surface area contributed by atoms with Crippen LogP contribution in [-0.4, -0.2) is 9.97 Å². The minimum absolute atomic E-state index is 0. The fraction of sp³-hybridized carbons (Fsp3) is 0.143. The Morgan fingerprint density at radius 2 is 1.46 bits per heavy atom. The van der Waals surface area contributed by atoms with E-state index in [9.17, 15) is 0 Å². The first-order valence-electron chi connectivity index (χ1n) is 15.8. The normalized spacial score (nSPS) is 11.8. The Labute approximate surface area is 285 Å². The van der Waals surface area contributed by atoms with Crippen LogP contribution >= 0.6 is 0 Å². The molecule has 0 unspecified atom stereocenters. The number of benzene rings is 5. The van der Waals surface area contributed by atoms with Gasteiger partial charge in [0, 0.05) is 39.3 Å². The van der Waals surface area contributed by atoms with Crippen LogP contribution in [-0.2, 0) is 20.1 Å². The number of rotatable bonds is 4. The first-order chi connectivity index (χ1) is 22.3. The summed E-state index contributed by atoms with van der Waals surface area (Å²) in [6.07, 6.45) is 3.57. The van der Waals surface area contributed by atoms with Crippen molar-refractivity contribution < 1.29 is 25.9 Å². The van der Waals surface area contributed by atoms with Crippen LogP contribution < -0.4 is 0 Å². The summed E-state index contributed by atoms with van der Waals surface area (Å²) in [4.78, 5) is 8.90. The summed E-state index contributed by atoms with van der Waals surface area (Å²) in [5.74, 6) is -0.149. The monoisotopic (exact) mass is 776 g/mol. The zero-order valence-electron chi connectivity index (χ0n) is 27.3. The standard InChI is InChI=1S/C22H18N.C20H16NO.Ir/c1-15(2)17-11-12-23-22(14-17)19-9-10-21-18(13-19)8-7-16-5-3-4-6-20(16)21;1-13(2)14-9-10-15-16-6-5-7-17(18-8-3-4-11-21-18)20(16)22-19(15)12-14;/h3-8,10-15H,1-2H3;3-6,8-13H,1-2H3;/q2*-1;/i15D;;. The van der Waals surface area contributed by atoms with Crippen LogP contribution in [0.5, 0.6) is 0 Å². The van der Waals surface area contributed by atoms with Crippen LogP contribution in [0.2, 0.25) is 0 Å². The van der Waals surface area contributed by atoms with Gasteiger partial charge in [0.15, 0.2) is 0 Å². The van der Waals surface area contributed by atoms with Gasteiger partial charge in [0.1, 0.15) is 5.58 Å². The van der Waals surface area contributed by atoms with E-state index in [0.29, 0.717) is 5.92 Å². The summed E-state index contributed by atoms with van der Waals surface area (Å²) in [5.41, 5.74) is 7.66. The van der Waals surface area contributed by atoms with E-state index in [1.54, 1.807) is 12.4 Å². The third kappa shape index (κ3) is 6.11. The molecule has 0 atom stereocenters. The molecule has 0 fully saturated rings. The van der Waals surface area contributed by atoms with Crippen LogP contribution in [0.3, 0.4) is 0 Å². The van der Waals surface area contributed by atoms with Crippen LogP contribution in [0.25, 0.3) is 66.0 Å². The average Bonchev–Trinajstić information content (AvgIpc) is 3.46. The molecule has 4 heteroatoms. The Morgan fingerprint density at radius 1 is 0.652 bits per heavy atom. The maximum Gasteiger partial charge on any atom is 0.121 e. The quantitative estimate of drug-likeness (QED) is 0.132. The molecule has 0 bridgehead atoms. The van der Waals surface area contributed by atoms with Crippen molar-refractivity contribution in [3.63, 3.8) is 0 Å². The predicted octanol–water partition coefficient (Wildman–Crippen LogP) is 11.5. The molecule has 0 N–H and O–H groups in total. The molecule has 3 aromatic heterocycles. The maximum absolute atomic E-state index is 8.22. The smallest absolute Gasteiger partial charge is 0.121 e. The molecular weight excluding hydrogens is 741 g/mol. The van der Waals surface area contributed by atoms with E-state index in [-0.39, 0.29) is 20.1 Å². The van der Waals surface area contributed by atoms with Gasteiger partial charge in [-0.15, -0.1) is 47.3 Å². The summed E-state index contributed by atoms with van der Waals surface area (Å²) >= 11 is 0. The maximum atomic E-state index is 8.22. The molecular formula is C42H34IrN2O-2. The van der Waals surface area contributed by atoms with Gasteiger partial charge < -0.3 is 14.4 Å². The molecule has 8 aromatic rings. The number of nitrogens with zero attached hydrogens (tertiary/aromatic N) is 2. The number of aromatic nitrogens is 2. The Kier molecular flexibility index (Phi) is 8.74. The largest absolute Gasteiger partial charge is 0.501 e. The molecule has 5 aromatic carbocycles. The Hall–Kier alpha value is -4.63. The number of hydrogen-bond donors (Lipinski definition) is 0. The van der Waals surface area contributed by atoms with Gasteiger partial charge in [-0.25, -0.2) is 0 Å². The summed E-state index contributed by atoms with van der Waals surface area (Å²) in [6.45, 7) is 8.17. The van der Waals surface area contributed by atoms with Crippen molar-refractivity contribution >= 4 is 43.5 Å². The fourth-order valence-corrected chi connectivity index (χ4v) is 5.80. The molecule has 0 saturated carbocycles. The van der Waals surface area contributed by atoms with Crippen LogP contribution in [0.1, 0.15) is 52.0 Å². The van der Waals surface area contributed by atoms with Gasteiger partial charge in [-0.2, -0.15) is 0 Å². The molecule has 229 valence electrons. The minimum Gasteiger partial charge on any atom is -0.501 e. The van der Waals surface area contributed by atoms with Crippen LogP contribution in [0.4, 0.5) is 0 Å². The van der Waals surface area contributed by atoms with Gasteiger partial charge >= 0.3 is 0 Å². The Balaban J connectivity index is 0.000000161. The summed E-state index contributed by atoms with van der Waals surface area (Å²) < 4.78 is 14.4. The zero-order chi connectivity index (χ0) is 31.8. The molecule has 46 heavy (non-hydrogen) atoms. The Morgan fingerprint density at radius 3 is 2.26 bits per heavy atom. The fourth-order valence-electron chi connectivity index (χ4n) is 5.80. The van der Waals surface area contributed by atoms with Crippen molar-refractivity contribution in [2.45, 2.75) is 39.5 Å². The molecule has 0 saturated heterocycles. The predicted molar refractivity (Wildman–Crippen MR) is 187 cm³/mol. The third-order valence-corrected chi connectivity index (χ3v) is 8.33. The van der Waals surface area contributed by atoms with Crippen molar-refractivity contribution in [3.05, 3.63) is 145 Å². The van der Waals surface area contributed by atoms with E-state index in [2.05, 4.69) is 103 Å². The van der Waals surface area contributed by atoms with Crippen LogP contribution in [0, 0.1) is 12.1 Å². The molecule has 1 radical (unpaired) electrons. The second-order valence-electron chi connectivity index (χ2n) is 11.9. The molecule has 3 nitrogen and oxygen atoms in total. The van der Waals surface area contributed by atoms with E-state index in [0.717, 1.165) is 50.0 Å². The minimum atomic E-state index is -0.634. The molecule has 0 aliphatic heterocycles. The molecule has 0 aliphatic rings. The van der Waals surface area contributed by atoms with E-state index >= 15 is 0 Å². The van der Waals surface area contributed by atoms with Gasteiger partial charge in [-0.1, -0.05) is 122 Å². The second-order valence-corrected chi connectivity index (χ2v) is 11.9. The number of fused-ring (bicyclic) bond motifs is 6. The third-order valence-electron chi connectivity index (χ3n) is 8.33. The van der Waals surface area contributed by atoms with E-state index in [4.69, 9.17) is 5.79 Å². The molecule has 0 aliphatic carbocycles. The first-order valence-corrected chi connectivity index (χ1v) is 15.3. The molecule has 0 spiro atoms. The summed E-state index contributed by atoms with van der Waals surface area (Å²) in [5, 5.41) is 7.12. The topological polar surface area (TPSA) is 38.9 Å². The van der Waals surface area contributed by atoms with Crippen molar-refractivity contribution in [1.29, 1.82) is 0 Å².